The first kappa shape index (κ1) is 18.1. The number of halogens is 2. The van der Waals surface area contributed by atoms with Gasteiger partial charge in [0.1, 0.15) is 11.4 Å². The van der Waals surface area contributed by atoms with Gasteiger partial charge in [-0.2, -0.15) is 0 Å². The van der Waals surface area contributed by atoms with E-state index >= 15 is 0 Å². The summed E-state index contributed by atoms with van der Waals surface area (Å²) in [5.74, 6) is -0.761. The molecule has 3 rings (SSSR count). The highest BCUT2D eigenvalue weighted by Gasteiger charge is 2.13. The average molecular weight is 419 g/mol. The van der Waals surface area contributed by atoms with E-state index in [0.717, 1.165) is 9.86 Å². The second-order valence-corrected chi connectivity index (χ2v) is 6.54. The molecule has 0 fully saturated rings. The molecule has 2 N–H and O–H groups in total. The smallest absolute Gasteiger partial charge is 0.287 e. The third-order valence-corrected chi connectivity index (χ3v) is 4.33. The standard InChI is InChI=1S/C19H16BrFN2O3/c20-15-6-2-4-13-11-16(26-18(13)15)19(25)23-8-7-22-17(24)10-12-3-1-5-14(21)9-12/h1-6,9,11H,7-8,10H2,(H,22,24)(H,23,25). The minimum Gasteiger partial charge on any atom is -0.450 e. The van der Waals surface area contributed by atoms with Crippen LogP contribution in [0.3, 0.4) is 0 Å². The van der Waals surface area contributed by atoms with Crippen molar-refractivity contribution in [2.24, 2.45) is 0 Å². The highest BCUT2D eigenvalue weighted by Crippen LogP contribution is 2.26. The molecule has 1 aromatic heterocycles. The third-order valence-electron chi connectivity index (χ3n) is 3.71. The van der Waals surface area contributed by atoms with Crippen LogP contribution in [0.2, 0.25) is 0 Å². The van der Waals surface area contributed by atoms with Gasteiger partial charge >= 0.3 is 0 Å². The number of carbonyl (C=O) groups excluding carboxylic acids is 2. The third kappa shape index (κ3) is 4.49. The van der Waals surface area contributed by atoms with Gasteiger partial charge in [0.05, 0.1) is 10.9 Å². The van der Waals surface area contributed by atoms with E-state index in [2.05, 4.69) is 26.6 Å². The molecule has 0 atom stereocenters. The Morgan fingerprint density at radius 3 is 2.58 bits per heavy atom. The van der Waals surface area contributed by atoms with Gasteiger partial charge in [-0.3, -0.25) is 9.59 Å². The van der Waals surface area contributed by atoms with Crippen molar-refractivity contribution in [3.8, 4) is 0 Å². The van der Waals surface area contributed by atoms with Crippen LogP contribution in [0.4, 0.5) is 4.39 Å². The summed E-state index contributed by atoms with van der Waals surface area (Å²) in [6.45, 7) is 0.524. The van der Waals surface area contributed by atoms with Crippen LogP contribution in [-0.4, -0.2) is 24.9 Å². The molecule has 0 aliphatic heterocycles. The minimum atomic E-state index is -0.375. The van der Waals surface area contributed by atoms with Crippen molar-refractivity contribution in [2.75, 3.05) is 13.1 Å². The van der Waals surface area contributed by atoms with E-state index < -0.39 is 0 Å². The number of furan rings is 1. The molecule has 0 saturated heterocycles. The summed E-state index contributed by atoms with van der Waals surface area (Å²) in [6.07, 6.45) is 0.0866. The second kappa shape index (κ2) is 8.14. The Balaban J connectivity index is 1.46. The lowest BCUT2D eigenvalue weighted by Gasteiger charge is -2.06. The first-order valence-electron chi connectivity index (χ1n) is 8.00. The predicted molar refractivity (Wildman–Crippen MR) is 99.4 cm³/mol. The van der Waals surface area contributed by atoms with Crippen molar-refractivity contribution in [1.29, 1.82) is 0 Å². The van der Waals surface area contributed by atoms with E-state index in [9.17, 15) is 14.0 Å². The van der Waals surface area contributed by atoms with Crippen molar-refractivity contribution >= 4 is 38.7 Å². The monoisotopic (exact) mass is 418 g/mol. The largest absolute Gasteiger partial charge is 0.450 e. The van der Waals surface area contributed by atoms with Crippen molar-refractivity contribution in [1.82, 2.24) is 10.6 Å². The van der Waals surface area contributed by atoms with Crippen LogP contribution < -0.4 is 10.6 Å². The number of carbonyl (C=O) groups is 2. The molecule has 1 heterocycles. The normalized spacial score (nSPS) is 10.7. The van der Waals surface area contributed by atoms with Crippen LogP contribution in [0, 0.1) is 5.82 Å². The van der Waals surface area contributed by atoms with Crippen LogP contribution >= 0.6 is 15.9 Å². The molecular weight excluding hydrogens is 403 g/mol. The Hall–Kier alpha value is -2.67. The maximum Gasteiger partial charge on any atom is 0.287 e. The topological polar surface area (TPSA) is 71.3 Å². The summed E-state index contributed by atoms with van der Waals surface area (Å²) < 4.78 is 19.4. The van der Waals surface area contributed by atoms with E-state index in [1.54, 1.807) is 18.2 Å². The minimum absolute atomic E-state index is 0.0866. The zero-order valence-electron chi connectivity index (χ0n) is 13.7. The number of nitrogens with one attached hydrogen (secondary N) is 2. The predicted octanol–water partition coefficient (Wildman–Crippen LogP) is 3.42. The maximum absolute atomic E-state index is 13.1. The number of rotatable bonds is 6. The van der Waals surface area contributed by atoms with E-state index in [1.807, 2.05) is 18.2 Å². The highest BCUT2D eigenvalue weighted by atomic mass is 79.9. The molecule has 134 valence electrons. The molecule has 3 aromatic rings. The molecule has 0 bridgehead atoms. The molecule has 7 heteroatoms. The lowest BCUT2D eigenvalue weighted by atomic mass is 10.1. The summed E-state index contributed by atoms with van der Waals surface area (Å²) in [6, 6.07) is 13.1. The fourth-order valence-corrected chi connectivity index (χ4v) is 2.96. The molecule has 0 aliphatic rings. The maximum atomic E-state index is 13.1. The molecule has 2 amide bonds. The van der Waals surface area contributed by atoms with Gasteiger partial charge in [0, 0.05) is 18.5 Å². The van der Waals surface area contributed by atoms with Crippen LogP contribution in [0.25, 0.3) is 11.0 Å². The molecule has 0 saturated carbocycles. The molecule has 5 nitrogen and oxygen atoms in total. The van der Waals surface area contributed by atoms with Crippen molar-refractivity contribution in [2.45, 2.75) is 6.42 Å². The van der Waals surface area contributed by atoms with Gasteiger partial charge in [-0.25, -0.2) is 4.39 Å². The Labute approximate surface area is 157 Å². The van der Waals surface area contributed by atoms with Crippen molar-refractivity contribution in [3.05, 3.63) is 70.1 Å². The summed E-state index contributed by atoms with van der Waals surface area (Å²) in [7, 11) is 0. The van der Waals surface area contributed by atoms with Crippen LogP contribution in [0.1, 0.15) is 16.1 Å². The van der Waals surface area contributed by atoms with Gasteiger partial charge in [-0.1, -0.05) is 24.3 Å². The number of amides is 2. The molecule has 0 spiro atoms. The van der Waals surface area contributed by atoms with Gasteiger partial charge in [0.2, 0.25) is 5.91 Å². The van der Waals surface area contributed by atoms with E-state index in [1.165, 1.54) is 12.1 Å². The van der Waals surface area contributed by atoms with E-state index in [4.69, 9.17) is 4.42 Å². The summed E-state index contributed by atoms with van der Waals surface area (Å²) in [5, 5.41) is 6.19. The Bertz CT molecular complexity index is 955. The fourth-order valence-electron chi connectivity index (χ4n) is 2.50. The molecule has 0 unspecified atom stereocenters. The number of hydrogen-bond donors (Lipinski definition) is 2. The molecule has 2 aromatic carbocycles. The van der Waals surface area contributed by atoms with Crippen molar-refractivity contribution < 1.29 is 18.4 Å². The van der Waals surface area contributed by atoms with Crippen LogP contribution in [0.5, 0.6) is 0 Å². The van der Waals surface area contributed by atoms with Gasteiger partial charge in [-0.15, -0.1) is 0 Å². The summed E-state index contributed by atoms with van der Waals surface area (Å²) >= 11 is 3.37. The molecular formula is C19H16BrFN2O3. The Kier molecular flexibility index (Phi) is 5.68. The number of fused-ring (bicyclic) bond motifs is 1. The van der Waals surface area contributed by atoms with Crippen molar-refractivity contribution in [3.63, 3.8) is 0 Å². The van der Waals surface area contributed by atoms with Crippen LogP contribution in [0.15, 0.2) is 57.4 Å². The van der Waals surface area contributed by atoms with Gasteiger partial charge in [0.25, 0.3) is 5.91 Å². The number of benzene rings is 2. The molecule has 0 aliphatic carbocycles. The first-order chi connectivity index (χ1) is 12.5. The Morgan fingerprint density at radius 2 is 1.81 bits per heavy atom. The fraction of sp³-hybridized carbons (Fsp3) is 0.158. The summed E-state index contributed by atoms with van der Waals surface area (Å²) in [5.41, 5.74) is 1.21. The van der Waals surface area contributed by atoms with Crippen LogP contribution in [-0.2, 0) is 11.2 Å². The van der Waals surface area contributed by atoms with Gasteiger partial charge < -0.3 is 15.1 Å². The zero-order valence-corrected chi connectivity index (χ0v) is 15.3. The van der Waals surface area contributed by atoms with E-state index in [-0.39, 0.29) is 42.9 Å². The second-order valence-electron chi connectivity index (χ2n) is 5.68. The summed E-state index contributed by atoms with van der Waals surface area (Å²) in [4.78, 5) is 23.9. The van der Waals surface area contributed by atoms with Gasteiger partial charge in [-0.05, 0) is 45.8 Å². The average Bonchev–Trinajstić information content (AvgIpc) is 3.04. The van der Waals surface area contributed by atoms with Gasteiger partial charge in [0.15, 0.2) is 5.76 Å². The number of para-hydroxylation sites is 1. The molecule has 26 heavy (non-hydrogen) atoms. The highest BCUT2D eigenvalue weighted by molar-refractivity contribution is 9.10. The number of hydrogen-bond acceptors (Lipinski definition) is 3. The Morgan fingerprint density at radius 1 is 1.04 bits per heavy atom. The lowest BCUT2D eigenvalue weighted by molar-refractivity contribution is -0.120. The molecule has 0 radical (unpaired) electrons. The lowest BCUT2D eigenvalue weighted by Crippen LogP contribution is -2.35. The SMILES string of the molecule is O=C(Cc1cccc(F)c1)NCCNC(=O)c1cc2cccc(Br)c2o1. The quantitative estimate of drug-likeness (QED) is 0.602. The van der Waals surface area contributed by atoms with E-state index in [0.29, 0.717) is 11.1 Å². The first-order valence-corrected chi connectivity index (χ1v) is 8.79. The zero-order chi connectivity index (χ0) is 18.5.